The van der Waals surface area contributed by atoms with Crippen molar-refractivity contribution in [3.05, 3.63) is 0 Å². The number of esters is 3. The molecule has 0 heterocycles. The Morgan fingerprint density at radius 1 is 0.203 bits per heavy atom. The fraction of sp³-hybridized carbons (Fsp3) is 0.959. The van der Waals surface area contributed by atoms with Gasteiger partial charge in [-0.3, -0.25) is 14.4 Å². The molecule has 0 rings (SSSR count). The normalized spacial score (nSPS) is 11.9. The number of hydrogen-bond donors (Lipinski definition) is 0. The summed E-state index contributed by atoms with van der Waals surface area (Å²) < 4.78 is 17.0. The Morgan fingerprint density at radius 2 is 0.342 bits per heavy atom. The molecular weight excluding hydrogens is 973 g/mol. The zero-order valence-electron chi connectivity index (χ0n) is 54.2. The molecule has 0 aliphatic rings. The second-order valence-electron chi connectivity index (χ2n) is 25.2. The highest BCUT2D eigenvalue weighted by Gasteiger charge is 2.20. The molecule has 0 amide bonds. The van der Waals surface area contributed by atoms with Gasteiger partial charge in [-0.05, 0) is 19.3 Å². The molecule has 0 fully saturated rings. The topological polar surface area (TPSA) is 78.9 Å². The molecule has 0 aliphatic carbocycles. The quantitative estimate of drug-likeness (QED) is 0.0343. The molecule has 0 saturated carbocycles. The van der Waals surface area contributed by atoms with Crippen molar-refractivity contribution in [3.8, 4) is 0 Å². The summed E-state index contributed by atoms with van der Waals surface area (Å²) in [5.41, 5.74) is 0. The van der Waals surface area contributed by atoms with Gasteiger partial charge in [0.15, 0.2) is 6.10 Å². The van der Waals surface area contributed by atoms with Crippen LogP contribution in [0.25, 0.3) is 0 Å². The van der Waals surface area contributed by atoms with E-state index < -0.39 is 6.10 Å². The van der Waals surface area contributed by atoms with Gasteiger partial charge >= 0.3 is 17.9 Å². The maximum absolute atomic E-state index is 12.9. The Hall–Kier alpha value is -1.59. The third kappa shape index (κ3) is 67.1. The second kappa shape index (κ2) is 68.9. The van der Waals surface area contributed by atoms with Gasteiger partial charge in [0.1, 0.15) is 13.2 Å². The number of carbonyl (C=O) groups excluding carboxylic acids is 3. The minimum absolute atomic E-state index is 0.0606. The third-order valence-electron chi connectivity index (χ3n) is 17.1. The van der Waals surface area contributed by atoms with Gasteiger partial charge in [0.2, 0.25) is 0 Å². The van der Waals surface area contributed by atoms with E-state index in [1.54, 1.807) is 0 Å². The fourth-order valence-corrected chi connectivity index (χ4v) is 11.6. The molecule has 1 unspecified atom stereocenters. The van der Waals surface area contributed by atoms with Crippen LogP contribution in [-0.2, 0) is 28.6 Å². The van der Waals surface area contributed by atoms with Crippen LogP contribution in [0, 0.1) is 0 Å². The first-order valence-electron chi connectivity index (χ1n) is 36.5. The highest BCUT2D eigenvalue weighted by atomic mass is 16.6. The van der Waals surface area contributed by atoms with Crippen LogP contribution < -0.4 is 0 Å². The van der Waals surface area contributed by atoms with Gasteiger partial charge in [0.05, 0.1) is 0 Å². The Balaban J connectivity index is 4.05. The molecule has 0 radical (unpaired) electrons. The average molecular weight is 1120 g/mol. The zero-order chi connectivity index (χ0) is 57.1. The van der Waals surface area contributed by atoms with Crippen LogP contribution in [0.5, 0.6) is 0 Å². The Kier molecular flexibility index (Phi) is 67.5. The third-order valence-corrected chi connectivity index (χ3v) is 17.1. The van der Waals surface area contributed by atoms with Crippen LogP contribution in [0.1, 0.15) is 432 Å². The first kappa shape index (κ1) is 77.4. The minimum atomic E-state index is -0.762. The summed E-state index contributed by atoms with van der Waals surface area (Å²) in [5.74, 6) is -0.825. The van der Waals surface area contributed by atoms with E-state index in [0.717, 1.165) is 57.8 Å². The molecule has 0 spiro atoms. The van der Waals surface area contributed by atoms with Crippen LogP contribution in [0.4, 0.5) is 0 Å². The van der Waals surface area contributed by atoms with Crippen molar-refractivity contribution in [1.82, 2.24) is 0 Å². The van der Waals surface area contributed by atoms with E-state index in [4.69, 9.17) is 14.2 Å². The lowest BCUT2D eigenvalue weighted by Gasteiger charge is -2.18. The monoisotopic (exact) mass is 1120 g/mol. The lowest BCUT2D eigenvalue weighted by molar-refractivity contribution is -0.167. The van der Waals surface area contributed by atoms with Crippen molar-refractivity contribution in [2.75, 3.05) is 13.2 Å². The molecule has 0 aliphatic heterocycles. The number of rotatable bonds is 69. The van der Waals surface area contributed by atoms with Crippen LogP contribution >= 0.6 is 0 Å². The van der Waals surface area contributed by atoms with E-state index in [0.29, 0.717) is 19.3 Å². The number of carbonyl (C=O) groups is 3. The summed E-state index contributed by atoms with van der Waals surface area (Å²) >= 11 is 0. The Labute approximate surface area is 495 Å². The van der Waals surface area contributed by atoms with Crippen molar-refractivity contribution in [1.29, 1.82) is 0 Å². The molecule has 0 N–H and O–H groups in total. The van der Waals surface area contributed by atoms with Gasteiger partial charge in [-0.2, -0.15) is 0 Å². The highest BCUT2D eigenvalue weighted by Crippen LogP contribution is 2.20. The van der Waals surface area contributed by atoms with E-state index in [2.05, 4.69) is 20.8 Å². The van der Waals surface area contributed by atoms with E-state index >= 15 is 0 Å². The largest absolute Gasteiger partial charge is 0.462 e. The van der Waals surface area contributed by atoms with E-state index in [1.165, 1.54) is 334 Å². The lowest BCUT2D eigenvalue weighted by Crippen LogP contribution is -2.30. The molecular formula is C73H142O6. The van der Waals surface area contributed by atoms with Gasteiger partial charge in [-0.25, -0.2) is 0 Å². The molecule has 0 bridgehead atoms. The predicted molar refractivity (Wildman–Crippen MR) is 344 cm³/mol. The Morgan fingerprint density at radius 3 is 0.506 bits per heavy atom. The summed E-state index contributed by atoms with van der Waals surface area (Å²) in [6, 6.07) is 0. The SMILES string of the molecule is CCCCCCCCCCCCCCCCCCCCCCCCCCCCCC(=O)OCC(COC(=O)CCCCCCCCCCC)OC(=O)CCCCCCCCCCCCCCCCCCCCCCCCCCC. The van der Waals surface area contributed by atoms with Gasteiger partial charge in [0, 0.05) is 19.3 Å². The van der Waals surface area contributed by atoms with Crippen molar-refractivity contribution in [2.45, 2.75) is 438 Å². The van der Waals surface area contributed by atoms with Crippen molar-refractivity contribution in [3.63, 3.8) is 0 Å². The number of ether oxygens (including phenoxy) is 3. The molecule has 470 valence electrons. The van der Waals surface area contributed by atoms with Gasteiger partial charge in [0.25, 0.3) is 0 Å². The Bertz CT molecular complexity index is 1190. The number of hydrogen-bond acceptors (Lipinski definition) is 6. The molecule has 6 nitrogen and oxygen atoms in total. The molecule has 79 heavy (non-hydrogen) atoms. The van der Waals surface area contributed by atoms with E-state index in [9.17, 15) is 14.4 Å². The minimum Gasteiger partial charge on any atom is -0.462 e. The zero-order valence-corrected chi connectivity index (χ0v) is 54.2. The number of unbranched alkanes of at least 4 members (excludes halogenated alkanes) is 58. The molecule has 0 saturated heterocycles. The van der Waals surface area contributed by atoms with E-state index in [1.807, 2.05) is 0 Å². The van der Waals surface area contributed by atoms with Crippen molar-refractivity contribution < 1.29 is 28.6 Å². The maximum Gasteiger partial charge on any atom is 0.306 e. The highest BCUT2D eigenvalue weighted by molar-refractivity contribution is 5.71. The van der Waals surface area contributed by atoms with Crippen LogP contribution in [-0.4, -0.2) is 37.2 Å². The first-order valence-corrected chi connectivity index (χ1v) is 36.5. The smallest absolute Gasteiger partial charge is 0.306 e. The lowest BCUT2D eigenvalue weighted by atomic mass is 10.0. The predicted octanol–water partition coefficient (Wildman–Crippen LogP) is 25.0. The summed E-state index contributed by atoms with van der Waals surface area (Å²) in [6.45, 7) is 6.72. The molecule has 6 heteroatoms. The van der Waals surface area contributed by atoms with E-state index in [-0.39, 0.29) is 31.1 Å². The average Bonchev–Trinajstić information content (AvgIpc) is 3.45. The van der Waals surface area contributed by atoms with Crippen LogP contribution in [0.3, 0.4) is 0 Å². The molecule has 0 aromatic heterocycles. The molecule has 0 aromatic rings. The van der Waals surface area contributed by atoms with Gasteiger partial charge in [-0.1, -0.05) is 393 Å². The van der Waals surface area contributed by atoms with Gasteiger partial charge < -0.3 is 14.2 Å². The second-order valence-corrected chi connectivity index (χ2v) is 25.2. The summed E-state index contributed by atoms with van der Waals surface area (Å²) in [7, 11) is 0. The summed E-state index contributed by atoms with van der Waals surface area (Å²) in [4.78, 5) is 38.3. The molecule has 1 atom stereocenters. The maximum atomic E-state index is 12.9. The van der Waals surface area contributed by atoms with Crippen LogP contribution in [0.15, 0.2) is 0 Å². The van der Waals surface area contributed by atoms with Gasteiger partial charge in [-0.15, -0.1) is 0 Å². The fourth-order valence-electron chi connectivity index (χ4n) is 11.6. The summed E-state index contributed by atoms with van der Waals surface area (Å²) in [5, 5.41) is 0. The molecule has 0 aromatic carbocycles. The summed E-state index contributed by atoms with van der Waals surface area (Å²) in [6.07, 6.45) is 81.7. The van der Waals surface area contributed by atoms with Crippen LogP contribution in [0.2, 0.25) is 0 Å². The standard InChI is InChI=1S/C73H142O6/c1-4-7-10-13-16-19-21-23-25-27-29-31-33-35-36-38-39-41-43-45-47-49-51-54-57-60-63-66-72(75)78-69-70(68-77-71(74)65-62-59-56-53-18-15-12-9-6-3)79-73(76)67-64-61-58-55-52-50-48-46-44-42-40-37-34-32-30-28-26-24-22-20-17-14-11-8-5-2/h70H,4-69H2,1-3H3. The first-order chi connectivity index (χ1) is 39.0. The van der Waals surface area contributed by atoms with Crippen molar-refractivity contribution in [2.24, 2.45) is 0 Å². The van der Waals surface area contributed by atoms with Crippen molar-refractivity contribution >= 4 is 17.9 Å².